The lowest BCUT2D eigenvalue weighted by Gasteiger charge is -2.33. The molecule has 9 nitrogen and oxygen atoms in total. The summed E-state index contributed by atoms with van der Waals surface area (Å²) in [7, 11) is -2.03. The molecule has 0 unspecified atom stereocenters. The fourth-order valence-corrected chi connectivity index (χ4v) is 4.73. The van der Waals surface area contributed by atoms with Crippen LogP contribution in [0.15, 0.2) is 53.4 Å². The maximum Gasteiger partial charge on any atom is 0.243 e. The van der Waals surface area contributed by atoms with Crippen LogP contribution in [-0.4, -0.2) is 71.1 Å². The van der Waals surface area contributed by atoms with Gasteiger partial charge in [-0.3, -0.25) is 4.90 Å². The fourth-order valence-electron chi connectivity index (χ4n) is 3.31. The molecule has 4 rings (SSSR count). The second-order valence-electron chi connectivity index (χ2n) is 6.84. The lowest BCUT2D eigenvalue weighted by molar-refractivity contribution is 0.177. The number of methoxy groups -OCH3 is 1. The zero-order valence-corrected chi connectivity index (χ0v) is 17.2. The number of ether oxygens (including phenoxy) is 1. The number of benzene rings is 2. The minimum atomic E-state index is -3.64. The van der Waals surface area contributed by atoms with Gasteiger partial charge in [0.2, 0.25) is 10.0 Å². The number of piperazine rings is 1. The topological polar surface area (TPSA) is 93.4 Å². The smallest absolute Gasteiger partial charge is 0.243 e. The molecule has 1 aliphatic rings. The molecule has 0 bridgehead atoms. The van der Waals surface area contributed by atoms with E-state index < -0.39 is 15.8 Å². The van der Waals surface area contributed by atoms with Crippen molar-refractivity contribution in [1.29, 1.82) is 0 Å². The molecule has 1 aliphatic heterocycles. The molecule has 0 N–H and O–H groups in total. The van der Waals surface area contributed by atoms with Gasteiger partial charge in [0.05, 0.1) is 24.2 Å². The number of nitrogens with zero attached hydrogens (tertiary/aromatic N) is 6. The standard InChI is InChI=1S/C19H21FN6O3S/c1-29-17-6-4-16(5-7-17)26-19(21-22-23-26)14-24-10-12-25(13-11-24)30(27,28)18-8-2-15(20)3-9-18/h2-9H,10-14H2,1H3. The van der Waals surface area contributed by atoms with Gasteiger partial charge in [-0.15, -0.1) is 5.10 Å². The van der Waals surface area contributed by atoms with E-state index in [1.54, 1.807) is 11.8 Å². The van der Waals surface area contributed by atoms with Crippen LogP contribution in [0, 0.1) is 5.82 Å². The van der Waals surface area contributed by atoms with Crippen molar-refractivity contribution in [3.63, 3.8) is 0 Å². The van der Waals surface area contributed by atoms with Gasteiger partial charge in [-0.2, -0.15) is 8.99 Å². The Hall–Kier alpha value is -2.89. The van der Waals surface area contributed by atoms with E-state index in [-0.39, 0.29) is 4.90 Å². The van der Waals surface area contributed by atoms with Crippen LogP contribution in [0.2, 0.25) is 0 Å². The Labute approximate surface area is 173 Å². The lowest BCUT2D eigenvalue weighted by atomic mass is 10.3. The van der Waals surface area contributed by atoms with Gasteiger partial charge >= 0.3 is 0 Å². The van der Waals surface area contributed by atoms with Crippen molar-refractivity contribution in [1.82, 2.24) is 29.4 Å². The summed E-state index contributed by atoms with van der Waals surface area (Å²) in [5.41, 5.74) is 0.813. The van der Waals surface area contributed by atoms with Crippen molar-refractivity contribution >= 4 is 10.0 Å². The summed E-state index contributed by atoms with van der Waals surface area (Å²) < 4.78 is 46.9. The Bertz CT molecular complexity index is 1090. The fraction of sp³-hybridized carbons (Fsp3) is 0.316. The first-order chi connectivity index (χ1) is 14.5. The molecular formula is C19H21FN6O3S. The van der Waals surface area contributed by atoms with Crippen molar-refractivity contribution in [2.45, 2.75) is 11.4 Å². The highest BCUT2D eigenvalue weighted by Gasteiger charge is 2.29. The van der Waals surface area contributed by atoms with E-state index >= 15 is 0 Å². The molecule has 0 spiro atoms. The predicted molar refractivity (Wildman–Crippen MR) is 106 cm³/mol. The van der Waals surface area contributed by atoms with Crippen molar-refractivity contribution in [3.8, 4) is 11.4 Å². The van der Waals surface area contributed by atoms with Crippen molar-refractivity contribution in [2.75, 3.05) is 33.3 Å². The zero-order chi connectivity index (χ0) is 21.1. The summed E-state index contributed by atoms with van der Waals surface area (Å²) in [6, 6.07) is 12.3. The van der Waals surface area contributed by atoms with Gasteiger partial charge in [0.25, 0.3) is 0 Å². The molecule has 158 valence electrons. The maximum absolute atomic E-state index is 13.1. The molecule has 2 heterocycles. The van der Waals surface area contributed by atoms with E-state index in [0.29, 0.717) is 38.5 Å². The Balaban J connectivity index is 1.41. The van der Waals surface area contributed by atoms with E-state index in [2.05, 4.69) is 20.4 Å². The van der Waals surface area contributed by atoms with E-state index in [4.69, 9.17) is 4.74 Å². The Morgan fingerprint density at radius 1 is 1.00 bits per heavy atom. The van der Waals surface area contributed by atoms with Crippen LogP contribution in [0.4, 0.5) is 4.39 Å². The number of hydrogen-bond acceptors (Lipinski definition) is 7. The third-order valence-corrected chi connectivity index (χ3v) is 6.91. The molecule has 1 fully saturated rings. The molecule has 3 aromatic rings. The van der Waals surface area contributed by atoms with Crippen LogP contribution in [-0.2, 0) is 16.6 Å². The van der Waals surface area contributed by atoms with Gasteiger partial charge in [0, 0.05) is 26.2 Å². The average Bonchev–Trinajstić information content (AvgIpc) is 3.22. The second kappa shape index (κ2) is 8.46. The van der Waals surface area contributed by atoms with Crippen LogP contribution in [0.25, 0.3) is 5.69 Å². The molecule has 0 amide bonds. The van der Waals surface area contributed by atoms with Crippen molar-refractivity contribution < 1.29 is 17.5 Å². The summed E-state index contributed by atoms with van der Waals surface area (Å²) in [4.78, 5) is 2.20. The summed E-state index contributed by atoms with van der Waals surface area (Å²) in [5.74, 6) is 0.940. The normalized spacial score (nSPS) is 15.9. The van der Waals surface area contributed by atoms with E-state index in [0.717, 1.165) is 23.6 Å². The quantitative estimate of drug-likeness (QED) is 0.580. The molecule has 11 heteroatoms. The average molecular weight is 432 g/mol. The molecule has 30 heavy (non-hydrogen) atoms. The SMILES string of the molecule is COc1ccc(-n2nnnc2CN2CCN(S(=O)(=O)c3ccc(F)cc3)CC2)cc1. The summed E-state index contributed by atoms with van der Waals surface area (Å²) in [6.07, 6.45) is 0. The van der Waals surface area contributed by atoms with Gasteiger partial charge in [-0.25, -0.2) is 12.8 Å². The lowest BCUT2D eigenvalue weighted by Crippen LogP contribution is -2.48. The van der Waals surface area contributed by atoms with Crippen molar-refractivity contribution in [2.24, 2.45) is 0 Å². The molecule has 1 aromatic heterocycles. The highest BCUT2D eigenvalue weighted by Crippen LogP contribution is 2.19. The first-order valence-electron chi connectivity index (χ1n) is 9.37. The third kappa shape index (κ3) is 4.18. The third-order valence-electron chi connectivity index (χ3n) is 5.00. The summed E-state index contributed by atoms with van der Waals surface area (Å²) in [6.45, 7) is 2.24. The number of halogens is 1. The molecule has 0 saturated carbocycles. The number of rotatable bonds is 6. The molecular weight excluding hydrogens is 411 g/mol. The van der Waals surface area contributed by atoms with E-state index in [9.17, 15) is 12.8 Å². The minimum Gasteiger partial charge on any atom is -0.497 e. The Morgan fingerprint density at radius 3 is 2.30 bits per heavy atom. The molecule has 0 radical (unpaired) electrons. The van der Waals surface area contributed by atoms with Crippen LogP contribution >= 0.6 is 0 Å². The number of hydrogen-bond donors (Lipinski definition) is 0. The van der Waals surface area contributed by atoms with Gasteiger partial charge in [-0.1, -0.05) is 0 Å². The second-order valence-corrected chi connectivity index (χ2v) is 8.78. The summed E-state index contributed by atoms with van der Waals surface area (Å²) >= 11 is 0. The number of tetrazole rings is 1. The maximum atomic E-state index is 13.1. The molecule has 2 aromatic carbocycles. The van der Waals surface area contributed by atoms with Crippen LogP contribution in [0.1, 0.15) is 5.82 Å². The number of aromatic nitrogens is 4. The highest BCUT2D eigenvalue weighted by molar-refractivity contribution is 7.89. The first-order valence-corrected chi connectivity index (χ1v) is 10.8. The van der Waals surface area contributed by atoms with Gasteiger partial charge in [-0.05, 0) is 59.0 Å². The molecule has 1 saturated heterocycles. The zero-order valence-electron chi connectivity index (χ0n) is 16.3. The van der Waals surface area contributed by atoms with E-state index in [1.807, 2.05) is 24.3 Å². The monoisotopic (exact) mass is 432 g/mol. The molecule has 0 atom stereocenters. The van der Waals surface area contributed by atoms with Crippen LogP contribution in [0.3, 0.4) is 0 Å². The van der Waals surface area contributed by atoms with Gasteiger partial charge in [0.15, 0.2) is 5.82 Å². The van der Waals surface area contributed by atoms with Gasteiger partial charge < -0.3 is 4.74 Å². The Kier molecular flexibility index (Phi) is 5.75. The van der Waals surface area contributed by atoms with Gasteiger partial charge in [0.1, 0.15) is 11.6 Å². The van der Waals surface area contributed by atoms with Crippen molar-refractivity contribution in [3.05, 3.63) is 60.2 Å². The van der Waals surface area contributed by atoms with Crippen LogP contribution < -0.4 is 4.74 Å². The predicted octanol–water partition coefficient (Wildman–Crippen LogP) is 1.32. The minimum absolute atomic E-state index is 0.0980. The largest absolute Gasteiger partial charge is 0.497 e. The number of sulfonamides is 1. The summed E-state index contributed by atoms with van der Waals surface area (Å²) in [5, 5.41) is 11.9. The first kappa shape index (κ1) is 20.4. The van der Waals surface area contributed by atoms with Crippen LogP contribution in [0.5, 0.6) is 5.75 Å². The molecule has 0 aliphatic carbocycles. The Morgan fingerprint density at radius 2 is 1.67 bits per heavy atom. The highest BCUT2D eigenvalue weighted by atomic mass is 32.2. The van der Waals surface area contributed by atoms with E-state index in [1.165, 1.54) is 16.4 Å².